The monoisotopic (exact) mass is 341 g/mol. The smallest absolute Gasteiger partial charge is 0.123 e. The molecule has 2 rings (SSSR count). The van der Waals surface area contributed by atoms with Crippen LogP contribution in [-0.2, 0) is 10.8 Å². The molecule has 1 aromatic rings. The van der Waals surface area contributed by atoms with Crippen molar-refractivity contribution >= 4 is 12.4 Å². The number of rotatable bonds is 3. The standard InChI is InChI=1S/C19H31NO2.ClH/c1-18(2,3)13-9-12(15(20)16(21)11-7-8-11)10-14(17(13)22)19(4,5)6;/h9-11,15-16,21-22H,7-8,20H2,1-6H3;1H/t15-,16+;/m0./s1. The van der Waals surface area contributed by atoms with Gasteiger partial charge in [0.2, 0.25) is 0 Å². The third-order valence-corrected chi connectivity index (χ3v) is 4.61. The summed E-state index contributed by atoms with van der Waals surface area (Å²) in [6, 6.07) is 3.55. The fourth-order valence-corrected chi connectivity index (χ4v) is 2.92. The van der Waals surface area contributed by atoms with E-state index in [9.17, 15) is 10.2 Å². The topological polar surface area (TPSA) is 66.5 Å². The lowest BCUT2D eigenvalue weighted by atomic mass is 9.77. The van der Waals surface area contributed by atoms with E-state index in [2.05, 4.69) is 41.5 Å². The molecule has 0 heterocycles. The Hall–Kier alpha value is -0.770. The summed E-state index contributed by atoms with van der Waals surface area (Å²) in [5.41, 5.74) is 8.69. The summed E-state index contributed by atoms with van der Waals surface area (Å²) < 4.78 is 0. The highest BCUT2D eigenvalue weighted by molar-refractivity contribution is 5.85. The number of phenolic OH excluding ortho intramolecular Hbond substituents is 1. The van der Waals surface area contributed by atoms with Gasteiger partial charge in [-0.05, 0) is 58.4 Å². The van der Waals surface area contributed by atoms with Crippen LogP contribution in [0.3, 0.4) is 0 Å². The largest absolute Gasteiger partial charge is 0.507 e. The van der Waals surface area contributed by atoms with E-state index in [0.29, 0.717) is 11.7 Å². The molecule has 0 radical (unpaired) electrons. The number of aliphatic hydroxyl groups is 1. The fourth-order valence-electron chi connectivity index (χ4n) is 2.92. The predicted molar refractivity (Wildman–Crippen MR) is 98.4 cm³/mol. The zero-order chi connectivity index (χ0) is 16.9. The molecule has 0 unspecified atom stereocenters. The van der Waals surface area contributed by atoms with Crippen molar-refractivity contribution in [2.45, 2.75) is 77.4 Å². The third-order valence-electron chi connectivity index (χ3n) is 4.61. The van der Waals surface area contributed by atoms with E-state index >= 15 is 0 Å². The van der Waals surface area contributed by atoms with Gasteiger partial charge in [0, 0.05) is 0 Å². The number of hydrogen-bond acceptors (Lipinski definition) is 3. The summed E-state index contributed by atoms with van der Waals surface area (Å²) >= 11 is 0. The Bertz CT molecular complexity index is 518. The molecule has 23 heavy (non-hydrogen) atoms. The number of halogens is 1. The molecule has 4 N–H and O–H groups in total. The molecule has 1 fully saturated rings. The van der Waals surface area contributed by atoms with Crippen molar-refractivity contribution in [1.82, 2.24) is 0 Å². The molecule has 0 saturated heterocycles. The molecule has 1 aliphatic carbocycles. The van der Waals surface area contributed by atoms with Gasteiger partial charge in [0.15, 0.2) is 0 Å². The van der Waals surface area contributed by atoms with Crippen molar-refractivity contribution in [3.8, 4) is 5.75 Å². The molecule has 0 bridgehead atoms. The lowest BCUT2D eigenvalue weighted by Gasteiger charge is -2.30. The summed E-state index contributed by atoms with van der Waals surface area (Å²) in [6.07, 6.45) is 1.63. The maximum Gasteiger partial charge on any atom is 0.123 e. The van der Waals surface area contributed by atoms with Gasteiger partial charge in [0.05, 0.1) is 12.1 Å². The zero-order valence-corrected chi connectivity index (χ0v) is 16.0. The van der Waals surface area contributed by atoms with Crippen LogP contribution in [0.2, 0.25) is 0 Å². The molecule has 0 aliphatic heterocycles. The average Bonchev–Trinajstić information content (AvgIpc) is 3.18. The van der Waals surface area contributed by atoms with Crippen LogP contribution in [0.5, 0.6) is 5.75 Å². The van der Waals surface area contributed by atoms with Crippen molar-refractivity contribution in [3.63, 3.8) is 0 Å². The highest BCUT2D eigenvalue weighted by atomic mass is 35.5. The van der Waals surface area contributed by atoms with Crippen LogP contribution in [-0.4, -0.2) is 16.3 Å². The van der Waals surface area contributed by atoms with Crippen molar-refractivity contribution in [3.05, 3.63) is 28.8 Å². The lowest BCUT2D eigenvalue weighted by Crippen LogP contribution is -2.29. The Balaban J connectivity index is 0.00000264. The Kier molecular flexibility index (Phi) is 5.83. The van der Waals surface area contributed by atoms with E-state index in [0.717, 1.165) is 29.5 Å². The quantitative estimate of drug-likeness (QED) is 0.772. The number of aliphatic hydroxyl groups excluding tert-OH is 1. The molecule has 3 nitrogen and oxygen atoms in total. The van der Waals surface area contributed by atoms with E-state index in [1.165, 1.54) is 0 Å². The van der Waals surface area contributed by atoms with Crippen LogP contribution in [0.1, 0.15) is 77.1 Å². The Morgan fingerprint density at radius 3 is 1.70 bits per heavy atom. The lowest BCUT2D eigenvalue weighted by molar-refractivity contribution is 0.122. The maximum absolute atomic E-state index is 10.7. The van der Waals surface area contributed by atoms with Crippen LogP contribution in [0.4, 0.5) is 0 Å². The second kappa shape index (κ2) is 6.62. The number of hydrogen-bond donors (Lipinski definition) is 3. The fraction of sp³-hybridized carbons (Fsp3) is 0.684. The summed E-state index contributed by atoms with van der Waals surface area (Å²) in [7, 11) is 0. The minimum absolute atomic E-state index is 0. The number of benzene rings is 1. The van der Waals surface area contributed by atoms with Gasteiger partial charge >= 0.3 is 0 Å². The second-order valence-electron chi connectivity index (χ2n) is 8.82. The molecule has 0 amide bonds. The molecular weight excluding hydrogens is 310 g/mol. The van der Waals surface area contributed by atoms with Gasteiger partial charge in [-0.3, -0.25) is 0 Å². The summed E-state index contributed by atoms with van der Waals surface area (Å²) in [5.74, 6) is 0.692. The number of phenols is 1. The molecule has 1 aliphatic rings. The maximum atomic E-state index is 10.7. The molecule has 1 saturated carbocycles. The van der Waals surface area contributed by atoms with Gasteiger partial charge in [0.25, 0.3) is 0 Å². The van der Waals surface area contributed by atoms with E-state index in [1.54, 1.807) is 0 Å². The molecule has 4 heteroatoms. The van der Waals surface area contributed by atoms with Crippen molar-refractivity contribution < 1.29 is 10.2 Å². The molecule has 1 aromatic carbocycles. The van der Waals surface area contributed by atoms with Crippen molar-refractivity contribution in [2.24, 2.45) is 11.7 Å². The first-order valence-corrected chi connectivity index (χ1v) is 8.24. The van der Waals surface area contributed by atoms with E-state index in [1.807, 2.05) is 12.1 Å². The summed E-state index contributed by atoms with van der Waals surface area (Å²) in [6.45, 7) is 12.5. The second-order valence-corrected chi connectivity index (χ2v) is 8.82. The Morgan fingerprint density at radius 2 is 1.39 bits per heavy atom. The minimum Gasteiger partial charge on any atom is -0.507 e. The van der Waals surface area contributed by atoms with Crippen LogP contribution in [0.25, 0.3) is 0 Å². The van der Waals surface area contributed by atoms with Crippen molar-refractivity contribution in [1.29, 1.82) is 0 Å². The molecule has 0 spiro atoms. The average molecular weight is 342 g/mol. The summed E-state index contributed by atoms with van der Waals surface area (Å²) in [5, 5.41) is 21.1. The van der Waals surface area contributed by atoms with E-state index in [-0.39, 0.29) is 23.2 Å². The number of aromatic hydroxyl groups is 1. The summed E-state index contributed by atoms with van der Waals surface area (Å²) in [4.78, 5) is 0. The molecular formula is C19H32ClNO2. The van der Waals surface area contributed by atoms with Crippen LogP contribution < -0.4 is 5.73 Å². The molecule has 132 valence electrons. The molecule has 2 atom stereocenters. The van der Waals surface area contributed by atoms with Crippen LogP contribution >= 0.6 is 12.4 Å². The van der Waals surface area contributed by atoms with Gasteiger partial charge in [-0.15, -0.1) is 12.4 Å². The normalized spacial score (nSPS) is 18.3. The van der Waals surface area contributed by atoms with Gasteiger partial charge < -0.3 is 15.9 Å². The van der Waals surface area contributed by atoms with Gasteiger partial charge in [-0.2, -0.15) is 0 Å². The highest BCUT2D eigenvalue weighted by Crippen LogP contribution is 2.43. The van der Waals surface area contributed by atoms with Gasteiger partial charge in [-0.1, -0.05) is 41.5 Å². The first-order chi connectivity index (χ1) is 9.93. The Morgan fingerprint density at radius 1 is 1.00 bits per heavy atom. The first-order valence-electron chi connectivity index (χ1n) is 8.24. The molecule has 0 aromatic heterocycles. The van der Waals surface area contributed by atoms with Gasteiger partial charge in [0.1, 0.15) is 5.75 Å². The zero-order valence-electron chi connectivity index (χ0n) is 15.2. The van der Waals surface area contributed by atoms with E-state index in [4.69, 9.17) is 5.73 Å². The highest BCUT2D eigenvalue weighted by Gasteiger charge is 2.35. The minimum atomic E-state index is -0.495. The van der Waals surface area contributed by atoms with Crippen molar-refractivity contribution in [2.75, 3.05) is 0 Å². The number of nitrogens with two attached hydrogens (primary N) is 1. The van der Waals surface area contributed by atoms with E-state index < -0.39 is 12.1 Å². The van der Waals surface area contributed by atoms with Gasteiger partial charge in [-0.25, -0.2) is 0 Å². The Labute approximate surface area is 146 Å². The third kappa shape index (κ3) is 4.40. The van der Waals surface area contributed by atoms with Crippen LogP contribution in [0.15, 0.2) is 12.1 Å². The first kappa shape index (κ1) is 20.3. The predicted octanol–water partition coefficient (Wildman–Crippen LogP) is 4.18. The van der Waals surface area contributed by atoms with Crippen LogP contribution in [0, 0.1) is 5.92 Å². The SMILES string of the molecule is CC(C)(C)c1cc([C@H](N)[C@H](O)C2CC2)cc(C(C)(C)C)c1O.Cl.